The molecule has 1 fully saturated rings. The van der Waals surface area contributed by atoms with Crippen LogP contribution >= 0.6 is 0 Å². The number of likely N-dealkylation sites (tertiary alicyclic amines) is 1. The van der Waals surface area contributed by atoms with Gasteiger partial charge in [0.25, 0.3) is 5.91 Å². The van der Waals surface area contributed by atoms with E-state index in [0.717, 1.165) is 49.2 Å². The summed E-state index contributed by atoms with van der Waals surface area (Å²) in [7, 11) is 0. The minimum absolute atomic E-state index is 0.0434. The van der Waals surface area contributed by atoms with Crippen molar-refractivity contribution in [3.63, 3.8) is 0 Å². The molecule has 1 aliphatic rings. The molecule has 1 aromatic carbocycles. The number of furan rings is 1. The van der Waals surface area contributed by atoms with Crippen molar-refractivity contribution in [1.82, 2.24) is 10.2 Å². The van der Waals surface area contributed by atoms with Crippen LogP contribution in [0, 0.1) is 13.8 Å². The minimum Gasteiger partial charge on any atom is -0.485 e. The van der Waals surface area contributed by atoms with E-state index in [1.807, 2.05) is 36.9 Å². The number of hydrogen-bond donors (Lipinski definition) is 1. The van der Waals surface area contributed by atoms with Crippen LogP contribution < -0.4 is 10.1 Å². The van der Waals surface area contributed by atoms with E-state index in [-0.39, 0.29) is 18.3 Å². The van der Waals surface area contributed by atoms with Gasteiger partial charge >= 0.3 is 0 Å². The average molecular weight is 384 g/mol. The number of benzene rings is 1. The summed E-state index contributed by atoms with van der Waals surface area (Å²) in [4.78, 5) is 26.7. The topological polar surface area (TPSA) is 71.8 Å². The molecule has 1 unspecified atom stereocenters. The largest absolute Gasteiger partial charge is 0.485 e. The molecule has 0 aliphatic carbocycles. The third-order valence-electron chi connectivity index (χ3n) is 4.98. The fraction of sp³-hybridized carbons (Fsp3) is 0.455. The summed E-state index contributed by atoms with van der Waals surface area (Å²) < 4.78 is 11.4. The number of hydrogen-bond acceptors (Lipinski definition) is 4. The van der Waals surface area contributed by atoms with Crippen molar-refractivity contribution in [2.24, 2.45) is 0 Å². The molecule has 0 radical (unpaired) electrons. The summed E-state index contributed by atoms with van der Waals surface area (Å²) in [6.45, 7) is 7.46. The summed E-state index contributed by atoms with van der Waals surface area (Å²) in [5.41, 5.74) is 2.16. The highest BCUT2D eigenvalue weighted by Crippen LogP contribution is 2.21. The number of aryl methyl sites for hydroxylation is 2. The summed E-state index contributed by atoms with van der Waals surface area (Å²) in [6.07, 6.45) is 3.20. The van der Waals surface area contributed by atoms with Crippen molar-refractivity contribution >= 4 is 11.8 Å². The molecule has 0 spiro atoms. The number of piperidine rings is 1. The summed E-state index contributed by atoms with van der Waals surface area (Å²) in [5, 5.41) is 2.73. The van der Waals surface area contributed by atoms with Gasteiger partial charge in [-0.05, 0) is 69.4 Å². The summed E-state index contributed by atoms with van der Waals surface area (Å²) in [5.74, 6) is 1.09. The van der Waals surface area contributed by atoms with E-state index in [0.29, 0.717) is 5.76 Å². The van der Waals surface area contributed by atoms with Gasteiger partial charge in [-0.2, -0.15) is 0 Å². The Hall–Kier alpha value is -2.76. The molecular formula is C22H28N2O4. The highest BCUT2D eigenvalue weighted by atomic mass is 16.5. The van der Waals surface area contributed by atoms with Crippen LogP contribution in [0.25, 0.3) is 0 Å². The summed E-state index contributed by atoms with van der Waals surface area (Å²) in [6, 6.07) is 8.76. The Bertz CT molecular complexity index is 837. The second-order valence-corrected chi connectivity index (χ2v) is 7.40. The van der Waals surface area contributed by atoms with Gasteiger partial charge in [-0.3, -0.25) is 9.59 Å². The molecule has 1 saturated heterocycles. The molecule has 6 nitrogen and oxygen atoms in total. The lowest BCUT2D eigenvalue weighted by Gasteiger charge is -2.29. The SMILES string of the molecule is Cc1ccc(C)c(OCc2ccc(C(=O)NC(C)C(=O)N3CCCCC3)o2)c1. The van der Waals surface area contributed by atoms with Crippen molar-refractivity contribution < 1.29 is 18.7 Å². The predicted octanol–water partition coefficient (Wildman–Crippen LogP) is 3.61. The fourth-order valence-corrected chi connectivity index (χ4v) is 3.31. The summed E-state index contributed by atoms with van der Waals surface area (Å²) >= 11 is 0. The quantitative estimate of drug-likeness (QED) is 0.826. The van der Waals surface area contributed by atoms with E-state index in [1.165, 1.54) is 0 Å². The second-order valence-electron chi connectivity index (χ2n) is 7.40. The lowest BCUT2D eigenvalue weighted by Crippen LogP contribution is -2.48. The third kappa shape index (κ3) is 4.94. The standard InChI is InChI=1S/C22H28N2O4/c1-15-7-8-16(2)20(13-15)27-14-18-9-10-19(28-18)21(25)23-17(3)22(26)24-11-5-4-6-12-24/h7-10,13,17H,4-6,11-12,14H2,1-3H3,(H,23,25). The number of carbonyl (C=O) groups is 2. The zero-order chi connectivity index (χ0) is 20.1. The predicted molar refractivity (Wildman–Crippen MR) is 106 cm³/mol. The number of ether oxygens (including phenoxy) is 1. The van der Waals surface area contributed by atoms with Crippen LogP contribution in [0.4, 0.5) is 0 Å². The molecule has 6 heteroatoms. The van der Waals surface area contributed by atoms with Crippen LogP contribution in [0.3, 0.4) is 0 Å². The monoisotopic (exact) mass is 384 g/mol. The van der Waals surface area contributed by atoms with Gasteiger partial charge in [0.1, 0.15) is 24.2 Å². The first-order valence-electron chi connectivity index (χ1n) is 9.82. The molecule has 1 atom stereocenters. The molecule has 3 rings (SSSR count). The second kappa shape index (κ2) is 8.95. The lowest BCUT2D eigenvalue weighted by molar-refractivity contribution is -0.133. The number of nitrogens with zero attached hydrogens (tertiary/aromatic N) is 1. The first kappa shape index (κ1) is 20.0. The molecule has 28 heavy (non-hydrogen) atoms. The highest BCUT2D eigenvalue weighted by Gasteiger charge is 2.24. The molecule has 1 N–H and O–H groups in total. The van der Waals surface area contributed by atoms with E-state index in [4.69, 9.17) is 9.15 Å². The Labute approximate surface area is 165 Å². The Balaban J connectivity index is 1.54. The first-order valence-corrected chi connectivity index (χ1v) is 9.82. The Morgan fingerprint density at radius 3 is 2.64 bits per heavy atom. The van der Waals surface area contributed by atoms with Crippen LogP contribution in [0.2, 0.25) is 0 Å². The van der Waals surface area contributed by atoms with E-state index < -0.39 is 11.9 Å². The van der Waals surface area contributed by atoms with E-state index >= 15 is 0 Å². The van der Waals surface area contributed by atoms with Crippen LogP contribution in [-0.4, -0.2) is 35.8 Å². The van der Waals surface area contributed by atoms with Crippen LogP contribution in [0.1, 0.15) is 53.6 Å². The molecule has 150 valence electrons. The smallest absolute Gasteiger partial charge is 0.287 e. The zero-order valence-electron chi connectivity index (χ0n) is 16.8. The van der Waals surface area contributed by atoms with E-state index in [2.05, 4.69) is 5.32 Å². The third-order valence-corrected chi connectivity index (χ3v) is 4.98. The van der Waals surface area contributed by atoms with Gasteiger partial charge < -0.3 is 19.4 Å². The first-order chi connectivity index (χ1) is 13.4. The van der Waals surface area contributed by atoms with E-state index in [1.54, 1.807) is 19.1 Å². The van der Waals surface area contributed by atoms with Gasteiger partial charge in [0.05, 0.1) is 0 Å². The van der Waals surface area contributed by atoms with Gasteiger partial charge in [0, 0.05) is 13.1 Å². The number of rotatable bonds is 6. The van der Waals surface area contributed by atoms with Gasteiger partial charge in [-0.1, -0.05) is 12.1 Å². The number of nitrogens with one attached hydrogen (secondary N) is 1. The number of amides is 2. The van der Waals surface area contributed by atoms with Crippen molar-refractivity contribution in [3.05, 3.63) is 53.0 Å². The van der Waals surface area contributed by atoms with Gasteiger partial charge in [-0.15, -0.1) is 0 Å². The highest BCUT2D eigenvalue weighted by molar-refractivity contribution is 5.95. The Morgan fingerprint density at radius 1 is 1.14 bits per heavy atom. The molecule has 0 saturated carbocycles. The molecular weight excluding hydrogens is 356 g/mol. The van der Waals surface area contributed by atoms with Crippen molar-refractivity contribution in [2.45, 2.75) is 52.7 Å². The molecule has 1 aromatic heterocycles. The van der Waals surface area contributed by atoms with Crippen molar-refractivity contribution in [1.29, 1.82) is 0 Å². The lowest BCUT2D eigenvalue weighted by atomic mass is 10.1. The fourth-order valence-electron chi connectivity index (χ4n) is 3.31. The molecule has 2 amide bonds. The van der Waals surface area contributed by atoms with Crippen molar-refractivity contribution in [2.75, 3.05) is 13.1 Å². The van der Waals surface area contributed by atoms with E-state index in [9.17, 15) is 9.59 Å². The molecule has 0 bridgehead atoms. The van der Waals surface area contributed by atoms with Crippen LogP contribution in [0.5, 0.6) is 5.75 Å². The Morgan fingerprint density at radius 2 is 1.89 bits per heavy atom. The minimum atomic E-state index is -0.578. The normalized spacial score (nSPS) is 15.2. The maximum absolute atomic E-state index is 12.4. The van der Waals surface area contributed by atoms with Crippen molar-refractivity contribution in [3.8, 4) is 5.75 Å². The maximum Gasteiger partial charge on any atom is 0.287 e. The average Bonchev–Trinajstić information content (AvgIpc) is 3.18. The molecule has 2 heterocycles. The van der Waals surface area contributed by atoms with Crippen LogP contribution in [0.15, 0.2) is 34.7 Å². The van der Waals surface area contributed by atoms with Gasteiger partial charge in [0.15, 0.2) is 5.76 Å². The Kier molecular flexibility index (Phi) is 6.39. The number of carbonyl (C=O) groups excluding carboxylic acids is 2. The molecule has 2 aromatic rings. The zero-order valence-corrected chi connectivity index (χ0v) is 16.8. The van der Waals surface area contributed by atoms with Crippen LogP contribution in [-0.2, 0) is 11.4 Å². The maximum atomic E-state index is 12.4. The molecule has 1 aliphatic heterocycles. The van der Waals surface area contributed by atoms with Gasteiger partial charge in [-0.25, -0.2) is 0 Å². The van der Waals surface area contributed by atoms with Gasteiger partial charge in [0.2, 0.25) is 5.91 Å².